The Bertz CT molecular complexity index is 502. The molecule has 26 heavy (non-hydrogen) atoms. The highest BCUT2D eigenvalue weighted by Crippen LogP contribution is 2.18. The molecule has 1 fully saturated rings. The van der Waals surface area contributed by atoms with Crippen molar-refractivity contribution < 1.29 is 0 Å². The van der Waals surface area contributed by atoms with Crippen molar-refractivity contribution in [2.45, 2.75) is 40.5 Å². The minimum absolute atomic E-state index is 0. The van der Waals surface area contributed by atoms with Crippen molar-refractivity contribution in [3.8, 4) is 0 Å². The molecular formula is C20H37IN4S. The number of hydrogen-bond donors (Lipinski definition) is 1. The lowest BCUT2D eigenvalue weighted by Crippen LogP contribution is -2.41. The summed E-state index contributed by atoms with van der Waals surface area (Å²) in [4.78, 5) is 11.4. The van der Waals surface area contributed by atoms with E-state index in [-0.39, 0.29) is 24.0 Å². The third kappa shape index (κ3) is 7.72. The van der Waals surface area contributed by atoms with Gasteiger partial charge in [-0.3, -0.25) is 4.99 Å². The van der Waals surface area contributed by atoms with E-state index in [0.717, 1.165) is 57.6 Å². The summed E-state index contributed by atoms with van der Waals surface area (Å²) in [6, 6.07) is 4.37. The van der Waals surface area contributed by atoms with Crippen molar-refractivity contribution in [3.63, 3.8) is 0 Å². The summed E-state index contributed by atoms with van der Waals surface area (Å²) in [7, 11) is 0. The highest BCUT2D eigenvalue weighted by atomic mass is 127. The number of guanidine groups is 1. The zero-order chi connectivity index (χ0) is 18.1. The molecule has 0 spiro atoms. The number of nitrogens with one attached hydrogen (secondary N) is 1. The van der Waals surface area contributed by atoms with E-state index in [1.54, 1.807) is 0 Å². The summed E-state index contributed by atoms with van der Waals surface area (Å²) in [6.45, 7) is 16.6. The van der Waals surface area contributed by atoms with E-state index in [1.165, 1.54) is 17.8 Å². The minimum Gasteiger partial charge on any atom is -0.357 e. The first-order valence-corrected chi connectivity index (χ1v) is 10.8. The van der Waals surface area contributed by atoms with Gasteiger partial charge in [-0.05, 0) is 56.1 Å². The van der Waals surface area contributed by atoms with Crippen LogP contribution in [0.3, 0.4) is 0 Å². The lowest BCUT2D eigenvalue weighted by atomic mass is 10.1. The van der Waals surface area contributed by atoms with Crippen molar-refractivity contribution in [1.29, 1.82) is 0 Å². The normalized spacial score (nSPS) is 18.9. The van der Waals surface area contributed by atoms with E-state index >= 15 is 0 Å². The van der Waals surface area contributed by atoms with Gasteiger partial charge in [-0.2, -0.15) is 0 Å². The van der Waals surface area contributed by atoms with E-state index in [2.05, 4.69) is 60.3 Å². The van der Waals surface area contributed by atoms with Crippen LogP contribution in [0.4, 0.5) is 0 Å². The largest absolute Gasteiger partial charge is 0.357 e. The highest BCUT2D eigenvalue weighted by Gasteiger charge is 2.26. The van der Waals surface area contributed by atoms with Gasteiger partial charge < -0.3 is 15.1 Å². The van der Waals surface area contributed by atoms with Gasteiger partial charge in [-0.1, -0.05) is 26.8 Å². The predicted molar refractivity (Wildman–Crippen MR) is 126 cm³/mol. The Balaban J connectivity index is 0.00000338. The first kappa shape index (κ1) is 23.7. The molecule has 150 valence electrons. The van der Waals surface area contributed by atoms with Crippen LogP contribution < -0.4 is 5.32 Å². The van der Waals surface area contributed by atoms with Crippen LogP contribution in [0.25, 0.3) is 0 Å². The maximum absolute atomic E-state index is 4.95. The zero-order valence-corrected chi connectivity index (χ0v) is 20.1. The maximum atomic E-state index is 4.95. The molecule has 0 bridgehead atoms. The highest BCUT2D eigenvalue weighted by molar-refractivity contribution is 14.0. The summed E-state index contributed by atoms with van der Waals surface area (Å²) in [6.07, 6.45) is 2.41. The molecule has 1 N–H and O–H groups in total. The van der Waals surface area contributed by atoms with Crippen LogP contribution >= 0.6 is 35.3 Å². The first-order valence-electron chi connectivity index (χ1n) is 9.94. The topological polar surface area (TPSA) is 30.9 Å². The molecule has 0 saturated carbocycles. The summed E-state index contributed by atoms with van der Waals surface area (Å²) in [5.74, 6) is 2.47. The van der Waals surface area contributed by atoms with Crippen LogP contribution in [0.5, 0.6) is 0 Å². The van der Waals surface area contributed by atoms with Gasteiger partial charge in [-0.15, -0.1) is 35.3 Å². The molecule has 0 aliphatic carbocycles. The van der Waals surface area contributed by atoms with Crippen LogP contribution in [-0.2, 0) is 6.42 Å². The van der Waals surface area contributed by atoms with Gasteiger partial charge in [0.05, 0.1) is 0 Å². The van der Waals surface area contributed by atoms with E-state index in [4.69, 9.17) is 4.99 Å². The van der Waals surface area contributed by atoms with Crippen LogP contribution in [-0.4, -0.2) is 61.6 Å². The van der Waals surface area contributed by atoms with Gasteiger partial charge in [0.15, 0.2) is 5.96 Å². The lowest BCUT2D eigenvalue weighted by molar-refractivity contribution is 0.255. The van der Waals surface area contributed by atoms with Crippen molar-refractivity contribution in [3.05, 3.63) is 22.4 Å². The summed E-state index contributed by atoms with van der Waals surface area (Å²) in [5, 5.41) is 5.67. The molecule has 0 amide bonds. The molecule has 1 aromatic rings. The molecule has 2 heterocycles. The van der Waals surface area contributed by atoms with Gasteiger partial charge in [0.2, 0.25) is 0 Å². The second-order valence-electron chi connectivity index (χ2n) is 7.17. The Labute approximate surface area is 181 Å². The predicted octanol–water partition coefficient (Wildman–Crippen LogP) is 4.17. The van der Waals surface area contributed by atoms with E-state index < -0.39 is 0 Å². The SMILES string of the molecule is CCNC(=NCC(C)Cc1cccs1)N1CCC(CN(CC)CC)C1.I. The molecular weight excluding hydrogens is 455 g/mol. The minimum atomic E-state index is 0. The molecule has 6 heteroatoms. The van der Waals surface area contributed by atoms with E-state index in [0.29, 0.717) is 5.92 Å². The fourth-order valence-electron chi connectivity index (χ4n) is 3.53. The van der Waals surface area contributed by atoms with Gasteiger partial charge in [-0.25, -0.2) is 0 Å². The average molecular weight is 493 g/mol. The van der Waals surface area contributed by atoms with Crippen molar-refractivity contribution in [2.24, 2.45) is 16.8 Å². The second kappa shape index (κ2) is 12.9. The number of aliphatic imine (C=N–C) groups is 1. The molecule has 1 aliphatic rings. The fraction of sp³-hybridized carbons (Fsp3) is 0.750. The molecule has 0 radical (unpaired) electrons. The molecule has 0 aromatic carbocycles. The summed E-state index contributed by atoms with van der Waals surface area (Å²) in [5.41, 5.74) is 0. The third-order valence-electron chi connectivity index (χ3n) is 5.01. The molecule has 2 rings (SSSR count). The number of hydrogen-bond acceptors (Lipinski definition) is 3. The van der Waals surface area contributed by atoms with Gasteiger partial charge in [0.25, 0.3) is 0 Å². The number of rotatable bonds is 9. The average Bonchev–Trinajstić information content (AvgIpc) is 3.28. The number of thiophene rings is 1. The Kier molecular flexibility index (Phi) is 11.8. The molecule has 1 saturated heterocycles. The van der Waals surface area contributed by atoms with E-state index in [1.807, 2.05) is 11.3 Å². The maximum Gasteiger partial charge on any atom is 0.193 e. The molecule has 2 atom stereocenters. The van der Waals surface area contributed by atoms with Crippen LogP contribution in [0.2, 0.25) is 0 Å². The number of halogens is 1. The second-order valence-corrected chi connectivity index (χ2v) is 8.20. The van der Waals surface area contributed by atoms with E-state index in [9.17, 15) is 0 Å². The van der Waals surface area contributed by atoms with Gasteiger partial charge in [0.1, 0.15) is 0 Å². The van der Waals surface area contributed by atoms with Crippen molar-refractivity contribution in [1.82, 2.24) is 15.1 Å². The Morgan fingerprint density at radius 1 is 1.38 bits per heavy atom. The Morgan fingerprint density at radius 3 is 2.77 bits per heavy atom. The molecule has 4 nitrogen and oxygen atoms in total. The molecule has 1 aromatic heterocycles. The summed E-state index contributed by atoms with van der Waals surface area (Å²) >= 11 is 1.85. The quantitative estimate of drug-likeness (QED) is 0.319. The fourth-order valence-corrected chi connectivity index (χ4v) is 4.40. The Morgan fingerprint density at radius 2 is 2.15 bits per heavy atom. The molecule has 1 aliphatic heterocycles. The zero-order valence-electron chi connectivity index (χ0n) is 16.9. The monoisotopic (exact) mass is 492 g/mol. The smallest absolute Gasteiger partial charge is 0.193 e. The third-order valence-corrected chi connectivity index (χ3v) is 5.91. The lowest BCUT2D eigenvalue weighted by Gasteiger charge is -2.24. The van der Waals surface area contributed by atoms with Gasteiger partial charge in [0, 0.05) is 37.6 Å². The first-order chi connectivity index (χ1) is 12.2. The number of likely N-dealkylation sites (tertiary alicyclic amines) is 1. The number of nitrogens with zero attached hydrogens (tertiary/aromatic N) is 3. The van der Waals surface area contributed by atoms with Crippen LogP contribution in [0.1, 0.15) is 39.0 Å². The summed E-state index contributed by atoms with van der Waals surface area (Å²) < 4.78 is 0. The Hall–Kier alpha value is -0.340. The van der Waals surface area contributed by atoms with Crippen molar-refractivity contribution in [2.75, 3.05) is 45.8 Å². The molecule has 2 unspecified atom stereocenters. The van der Waals surface area contributed by atoms with Crippen LogP contribution in [0, 0.1) is 11.8 Å². The van der Waals surface area contributed by atoms with Gasteiger partial charge >= 0.3 is 0 Å². The van der Waals surface area contributed by atoms with Crippen molar-refractivity contribution >= 4 is 41.3 Å². The standard InChI is InChI=1S/C20H36N4S.HI/c1-5-21-20(22-14-17(4)13-19-9-8-12-25-19)24-11-10-18(16-24)15-23(6-2)7-3;/h8-9,12,17-18H,5-7,10-11,13-16H2,1-4H3,(H,21,22);1H. The van der Waals surface area contributed by atoms with Crippen LogP contribution in [0.15, 0.2) is 22.5 Å².